The quantitative estimate of drug-likeness (QED) is 0.667. The normalized spacial score (nSPS) is 17.3. The Bertz CT molecular complexity index is 808. The van der Waals surface area contributed by atoms with Crippen LogP contribution in [0.4, 0.5) is 4.39 Å². The van der Waals surface area contributed by atoms with E-state index in [1.54, 1.807) is 12.1 Å². The second-order valence-electron chi connectivity index (χ2n) is 8.27. The molecule has 2 aromatic carbocycles. The van der Waals surface area contributed by atoms with Crippen LogP contribution in [0.15, 0.2) is 48.5 Å². The Morgan fingerprint density at radius 3 is 2.47 bits per heavy atom. The second kappa shape index (κ2) is 10.7. The highest BCUT2D eigenvalue weighted by molar-refractivity contribution is 5.94. The highest BCUT2D eigenvalue weighted by Crippen LogP contribution is 2.14. The molecule has 30 heavy (non-hydrogen) atoms. The fraction of sp³-hybridized carbons (Fsp3) is 0.458. The van der Waals surface area contributed by atoms with E-state index in [4.69, 9.17) is 4.74 Å². The maximum atomic E-state index is 13.3. The Balaban J connectivity index is 1.64. The number of aryl methyl sites for hydroxylation is 1. The molecule has 0 aromatic heterocycles. The molecule has 5 nitrogen and oxygen atoms in total. The van der Waals surface area contributed by atoms with Crippen LogP contribution in [0, 0.1) is 12.7 Å². The number of carbonyl (C=O) groups excluding carboxylic acids is 1. The maximum absolute atomic E-state index is 13.3. The molecule has 1 aliphatic heterocycles. The van der Waals surface area contributed by atoms with E-state index in [1.807, 2.05) is 19.0 Å². The van der Waals surface area contributed by atoms with Gasteiger partial charge in [-0.15, -0.1) is 0 Å². The first-order chi connectivity index (χ1) is 14.4. The Kier molecular flexibility index (Phi) is 7.96. The third-order valence-corrected chi connectivity index (χ3v) is 5.37. The Labute approximate surface area is 179 Å². The number of ether oxygens (including phenoxy) is 1. The minimum Gasteiger partial charge on any atom is -0.374 e. The van der Waals surface area contributed by atoms with Gasteiger partial charge in [0.25, 0.3) is 5.91 Å². The SMILES string of the molecule is Cc1ccc(CN2CCOC(CN(CCN(C)C)C(=O)c3ccc(F)cc3)C2)cc1. The zero-order chi connectivity index (χ0) is 21.5. The van der Waals surface area contributed by atoms with Gasteiger partial charge in [0.1, 0.15) is 5.82 Å². The van der Waals surface area contributed by atoms with Crippen LogP contribution in [0.25, 0.3) is 0 Å². The zero-order valence-corrected chi connectivity index (χ0v) is 18.2. The van der Waals surface area contributed by atoms with Crippen LogP contribution >= 0.6 is 0 Å². The van der Waals surface area contributed by atoms with Crippen molar-refractivity contribution >= 4 is 5.91 Å². The van der Waals surface area contributed by atoms with E-state index < -0.39 is 0 Å². The number of likely N-dealkylation sites (N-methyl/N-ethyl adjacent to an activating group) is 1. The van der Waals surface area contributed by atoms with Crippen LogP contribution in [-0.2, 0) is 11.3 Å². The van der Waals surface area contributed by atoms with E-state index in [1.165, 1.54) is 23.3 Å². The van der Waals surface area contributed by atoms with Gasteiger partial charge in [-0.25, -0.2) is 4.39 Å². The summed E-state index contributed by atoms with van der Waals surface area (Å²) in [7, 11) is 3.97. The van der Waals surface area contributed by atoms with E-state index >= 15 is 0 Å². The van der Waals surface area contributed by atoms with Crippen molar-refractivity contribution in [3.05, 3.63) is 71.0 Å². The number of hydrogen-bond donors (Lipinski definition) is 0. The number of rotatable bonds is 8. The highest BCUT2D eigenvalue weighted by atomic mass is 19.1. The predicted octanol–water partition coefficient (Wildman–Crippen LogP) is 3.04. The summed E-state index contributed by atoms with van der Waals surface area (Å²) in [5.74, 6) is -0.426. The van der Waals surface area contributed by atoms with Crippen LogP contribution in [0.2, 0.25) is 0 Å². The zero-order valence-electron chi connectivity index (χ0n) is 18.2. The van der Waals surface area contributed by atoms with E-state index in [2.05, 4.69) is 41.0 Å². The lowest BCUT2D eigenvalue weighted by molar-refractivity contribution is -0.0432. The largest absolute Gasteiger partial charge is 0.374 e. The standard InChI is InChI=1S/C24H32FN3O2/c1-19-4-6-20(7-5-19)16-27-14-15-30-23(17-27)18-28(13-12-26(2)3)24(29)21-8-10-22(25)11-9-21/h4-11,23H,12-18H2,1-3H3. The van der Waals surface area contributed by atoms with Crippen molar-refractivity contribution in [1.82, 2.24) is 14.7 Å². The number of hydrogen-bond acceptors (Lipinski definition) is 4. The van der Waals surface area contributed by atoms with Gasteiger partial charge in [-0.3, -0.25) is 9.69 Å². The van der Waals surface area contributed by atoms with Crippen molar-refractivity contribution < 1.29 is 13.9 Å². The summed E-state index contributed by atoms with van der Waals surface area (Å²) < 4.78 is 19.3. The Morgan fingerprint density at radius 1 is 1.10 bits per heavy atom. The Morgan fingerprint density at radius 2 is 1.80 bits per heavy atom. The first-order valence-electron chi connectivity index (χ1n) is 10.5. The summed E-state index contributed by atoms with van der Waals surface area (Å²) in [6.45, 7) is 7.17. The summed E-state index contributed by atoms with van der Waals surface area (Å²) in [5, 5.41) is 0. The van der Waals surface area contributed by atoms with Gasteiger partial charge < -0.3 is 14.5 Å². The lowest BCUT2D eigenvalue weighted by atomic mass is 10.1. The number of benzene rings is 2. The third-order valence-electron chi connectivity index (χ3n) is 5.37. The summed E-state index contributed by atoms with van der Waals surface area (Å²) >= 11 is 0. The van der Waals surface area contributed by atoms with Crippen molar-refractivity contribution in [3.8, 4) is 0 Å². The molecule has 0 radical (unpaired) electrons. The second-order valence-corrected chi connectivity index (χ2v) is 8.27. The minimum atomic E-state index is -0.339. The molecule has 3 rings (SSSR count). The molecular formula is C24H32FN3O2. The van der Waals surface area contributed by atoms with E-state index in [9.17, 15) is 9.18 Å². The molecule has 0 saturated carbocycles. The molecule has 162 valence electrons. The molecule has 1 unspecified atom stereocenters. The summed E-state index contributed by atoms with van der Waals surface area (Å²) in [5.41, 5.74) is 3.05. The molecule has 0 N–H and O–H groups in total. The van der Waals surface area contributed by atoms with Gasteiger partial charge in [0, 0.05) is 44.8 Å². The number of morpholine rings is 1. The summed E-state index contributed by atoms with van der Waals surface area (Å²) in [6.07, 6.45) is -0.0456. The number of amides is 1. The van der Waals surface area contributed by atoms with Crippen molar-refractivity contribution in [2.24, 2.45) is 0 Å². The molecule has 2 aromatic rings. The van der Waals surface area contributed by atoms with Crippen LogP contribution in [-0.4, -0.2) is 80.1 Å². The van der Waals surface area contributed by atoms with Gasteiger partial charge in [0.2, 0.25) is 0 Å². The van der Waals surface area contributed by atoms with Crippen LogP contribution in [0.1, 0.15) is 21.5 Å². The molecule has 1 aliphatic rings. The first kappa shape index (κ1) is 22.4. The van der Waals surface area contributed by atoms with Crippen molar-refractivity contribution in [2.45, 2.75) is 19.6 Å². The lowest BCUT2D eigenvalue weighted by Crippen LogP contribution is -2.49. The number of halogens is 1. The van der Waals surface area contributed by atoms with Crippen LogP contribution < -0.4 is 0 Å². The predicted molar refractivity (Wildman–Crippen MR) is 117 cm³/mol. The topological polar surface area (TPSA) is 36.0 Å². The van der Waals surface area contributed by atoms with Crippen molar-refractivity contribution in [3.63, 3.8) is 0 Å². The molecule has 1 fully saturated rings. The molecule has 1 atom stereocenters. The highest BCUT2D eigenvalue weighted by Gasteiger charge is 2.25. The van der Waals surface area contributed by atoms with Crippen molar-refractivity contribution in [1.29, 1.82) is 0 Å². The number of nitrogens with zero attached hydrogens (tertiary/aromatic N) is 3. The van der Waals surface area contributed by atoms with Gasteiger partial charge in [0.15, 0.2) is 0 Å². The van der Waals surface area contributed by atoms with Crippen LogP contribution in [0.5, 0.6) is 0 Å². The lowest BCUT2D eigenvalue weighted by Gasteiger charge is -2.36. The fourth-order valence-electron chi connectivity index (χ4n) is 3.60. The van der Waals surface area contributed by atoms with Gasteiger partial charge in [-0.2, -0.15) is 0 Å². The maximum Gasteiger partial charge on any atom is 0.253 e. The van der Waals surface area contributed by atoms with E-state index in [0.29, 0.717) is 25.3 Å². The first-order valence-corrected chi connectivity index (χ1v) is 10.5. The molecule has 1 saturated heterocycles. The summed E-state index contributed by atoms with van der Waals surface area (Å²) in [4.78, 5) is 19.3. The smallest absolute Gasteiger partial charge is 0.253 e. The van der Waals surface area contributed by atoms with E-state index in [0.717, 1.165) is 26.2 Å². The van der Waals surface area contributed by atoms with Gasteiger partial charge in [-0.1, -0.05) is 29.8 Å². The Hall–Kier alpha value is -2.28. The molecular weight excluding hydrogens is 381 g/mol. The number of carbonyl (C=O) groups is 1. The third kappa shape index (κ3) is 6.62. The monoisotopic (exact) mass is 413 g/mol. The molecule has 0 spiro atoms. The average Bonchev–Trinajstić information content (AvgIpc) is 2.73. The molecule has 1 amide bonds. The van der Waals surface area contributed by atoms with Crippen molar-refractivity contribution in [2.75, 3.05) is 53.4 Å². The van der Waals surface area contributed by atoms with Gasteiger partial charge >= 0.3 is 0 Å². The molecule has 6 heteroatoms. The molecule has 0 aliphatic carbocycles. The average molecular weight is 414 g/mol. The summed E-state index contributed by atoms with van der Waals surface area (Å²) in [6, 6.07) is 14.4. The van der Waals surface area contributed by atoms with Gasteiger partial charge in [0.05, 0.1) is 12.7 Å². The molecule has 0 bridgehead atoms. The van der Waals surface area contributed by atoms with E-state index in [-0.39, 0.29) is 17.8 Å². The minimum absolute atomic E-state index is 0.0456. The van der Waals surface area contributed by atoms with Crippen LogP contribution in [0.3, 0.4) is 0 Å². The fourth-order valence-corrected chi connectivity index (χ4v) is 3.60. The molecule has 1 heterocycles. The van der Waals surface area contributed by atoms with Gasteiger partial charge in [-0.05, 0) is 50.8 Å².